The second kappa shape index (κ2) is 5.08. The van der Waals surface area contributed by atoms with Crippen molar-refractivity contribution < 1.29 is 4.79 Å². The van der Waals surface area contributed by atoms with Gasteiger partial charge in [0.05, 0.1) is 0 Å². The van der Waals surface area contributed by atoms with Crippen molar-refractivity contribution in [2.24, 2.45) is 0 Å². The molecular formula is C20H14OS. The molecule has 0 amide bonds. The van der Waals surface area contributed by atoms with E-state index in [1.807, 2.05) is 12.1 Å². The molecule has 0 bridgehead atoms. The lowest BCUT2D eigenvalue weighted by Gasteiger charge is -1.97. The zero-order valence-corrected chi connectivity index (χ0v) is 13.0. The number of rotatable bonds is 2. The molecule has 0 N–H and O–H groups in total. The van der Waals surface area contributed by atoms with E-state index in [1.54, 1.807) is 24.3 Å². The summed E-state index contributed by atoms with van der Waals surface area (Å²) in [5.74, 6) is 0.0731. The lowest BCUT2D eigenvalue weighted by molar-refractivity contribution is -0.112. The molecule has 0 saturated carbocycles. The van der Waals surface area contributed by atoms with Gasteiger partial charge in [-0.25, -0.2) is 0 Å². The van der Waals surface area contributed by atoms with Crippen LogP contribution in [0.1, 0.15) is 12.5 Å². The molecule has 2 aromatic rings. The maximum atomic E-state index is 11.4. The average molecular weight is 302 g/mol. The zero-order chi connectivity index (χ0) is 15.1. The zero-order valence-electron chi connectivity index (χ0n) is 12.2. The van der Waals surface area contributed by atoms with Crippen molar-refractivity contribution in [3.8, 4) is 11.1 Å². The summed E-state index contributed by atoms with van der Waals surface area (Å²) in [5, 5.41) is 2.59. The predicted molar refractivity (Wildman–Crippen MR) is 95.7 cm³/mol. The fraction of sp³-hybridized carbons (Fsp3) is 0.0500. The third-order valence-corrected chi connectivity index (χ3v) is 5.13. The van der Waals surface area contributed by atoms with Gasteiger partial charge in [0.15, 0.2) is 5.78 Å². The van der Waals surface area contributed by atoms with Gasteiger partial charge >= 0.3 is 0 Å². The molecule has 4 rings (SSSR count). The molecule has 1 heterocycles. The lowest BCUT2D eigenvalue weighted by atomic mass is 10.1. The fourth-order valence-electron chi connectivity index (χ4n) is 2.99. The fourth-order valence-corrected chi connectivity index (χ4v) is 4.25. The molecule has 0 atom stereocenters. The topological polar surface area (TPSA) is 17.1 Å². The Hall–Kier alpha value is -2.45. The molecule has 2 aliphatic rings. The van der Waals surface area contributed by atoms with E-state index in [1.165, 1.54) is 31.3 Å². The molecule has 0 spiro atoms. The van der Waals surface area contributed by atoms with E-state index in [0.717, 1.165) is 5.56 Å². The van der Waals surface area contributed by atoms with E-state index in [0.29, 0.717) is 0 Å². The Balaban J connectivity index is 2.18. The Morgan fingerprint density at radius 2 is 1.68 bits per heavy atom. The van der Waals surface area contributed by atoms with E-state index in [2.05, 4.69) is 48.5 Å². The maximum absolute atomic E-state index is 11.4. The molecule has 0 radical (unpaired) electrons. The van der Waals surface area contributed by atoms with Crippen LogP contribution in [-0.4, -0.2) is 5.78 Å². The number of thiophene rings is 1. The van der Waals surface area contributed by atoms with Crippen molar-refractivity contribution in [3.63, 3.8) is 0 Å². The summed E-state index contributed by atoms with van der Waals surface area (Å²) in [4.78, 5) is 11.4. The minimum atomic E-state index is 0.0731. The van der Waals surface area contributed by atoms with E-state index in [-0.39, 0.29) is 5.78 Å². The first-order valence-electron chi connectivity index (χ1n) is 7.26. The molecule has 1 aromatic carbocycles. The SMILES string of the molecule is CC(=O)/C=C/c1c2cccccc-2c2c1sc1ccccc12. The maximum Gasteiger partial charge on any atom is 0.152 e. The van der Waals surface area contributed by atoms with Crippen LogP contribution in [0.15, 0.2) is 60.7 Å². The highest BCUT2D eigenvalue weighted by Crippen LogP contribution is 2.47. The molecule has 106 valence electrons. The number of ketones is 1. The van der Waals surface area contributed by atoms with Gasteiger partial charge in [-0.3, -0.25) is 4.79 Å². The van der Waals surface area contributed by atoms with Crippen molar-refractivity contribution in [2.45, 2.75) is 6.92 Å². The minimum absolute atomic E-state index is 0.0731. The largest absolute Gasteiger partial charge is 0.295 e. The van der Waals surface area contributed by atoms with E-state index in [4.69, 9.17) is 0 Å². The molecule has 2 aliphatic carbocycles. The molecular weight excluding hydrogens is 288 g/mol. The summed E-state index contributed by atoms with van der Waals surface area (Å²) in [6, 6.07) is 19.0. The number of allylic oxidation sites excluding steroid dienone is 1. The van der Waals surface area contributed by atoms with E-state index < -0.39 is 0 Å². The van der Waals surface area contributed by atoms with Crippen LogP contribution in [0.25, 0.3) is 37.4 Å². The van der Waals surface area contributed by atoms with Gasteiger partial charge in [-0.2, -0.15) is 0 Å². The molecule has 1 nitrogen and oxygen atoms in total. The van der Waals surface area contributed by atoms with E-state index >= 15 is 0 Å². The highest BCUT2D eigenvalue weighted by Gasteiger charge is 2.19. The molecule has 0 fully saturated rings. The molecule has 0 aliphatic heterocycles. The molecule has 22 heavy (non-hydrogen) atoms. The van der Waals surface area contributed by atoms with E-state index in [9.17, 15) is 4.79 Å². The predicted octanol–water partition coefficient (Wildman–Crippen LogP) is 5.76. The minimum Gasteiger partial charge on any atom is -0.295 e. The molecule has 0 saturated heterocycles. The highest BCUT2D eigenvalue weighted by molar-refractivity contribution is 7.26. The summed E-state index contributed by atoms with van der Waals surface area (Å²) in [6.45, 7) is 1.59. The monoisotopic (exact) mass is 302 g/mol. The second-order valence-corrected chi connectivity index (χ2v) is 6.45. The van der Waals surface area contributed by atoms with Crippen LogP contribution in [0.4, 0.5) is 0 Å². The van der Waals surface area contributed by atoms with Gasteiger partial charge < -0.3 is 0 Å². The van der Waals surface area contributed by atoms with Gasteiger partial charge in [0.1, 0.15) is 0 Å². The van der Waals surface area contributed by atoms with Gasteiger partial charge in [-0.1, -0.05) is 48.5 Å². The Morgan fingerprint density at radius 3 is 2.50 bits per heavy atom. The Kier molecular flexibility index (Phi) is 3.05. The summed E-state index contributed by atoms with van der Waals surface area (Å²) < 4.78 is 2.55. The third kappa shape index (κ3) is 1.96. The first-order valence-corrected chi connectivity index (χ1v) is 8.08. The van der Waals surface area contributed by atoms with Crippen LogP contribution >= 0.6 is 11.3 Å². The average Bonchev–Trinajstić information content (AvgIpc) is 2.90. The Labute approximate surface area is 132 Å². The van der Waals surface area contributed by atoms with Gasteiger partial charge in [0.25, 0.3) is 0 Å². The number of fused-ring (bicyclic) bond motifs is 5. The van der Waals surface area contributed by atoms with Gasteiger partial charge in [-0.05, 0) is 36.3 Å². The summed E-state index contributed by atoms with van der Waals surface area (Å²) in [6.07, 6.45) is 3.62. The number of hydrogen-bond acceptors (Lipinski definition) is 2. The van der Waals surface area contributed by atoms with Crippen molar-refractivity contribution in [2.75, 3.05) is 0 Å². The standard InChI is InChI=1S/C20H14OS/c1-13(21)11-12-16-14-7-3-2-4-8-15(14)19-17-9-5-6-10-18(17)22-20(16)19/h2-12H,1H3/b12-11+. The van der Waals surface area contributed by atoms with Crippen LogP contribution in [0.5, 0.6) is 0 Å². The van der Waals surface area contributed by atoms with Crippen molar-refractivity contribution in [1.29, 1.82) is 0 Å². The third-order valence-electron chi connectivity index (χ3n) is 3.92. The number of carbonyl (C=O) groups is 1. The van der Waals surface area contributed by atoms with Crippen LogP contribution in [0.2, 0.25) is 0 Å². The number of carbonyl (C=O) groups excluding carboxylic acids is 1. The number of hydrogen-bond donors (Lipinski definition) is 0. The summed E-state index contributed by atoms with van der Waals surface area (Å²) in [7, 11) is 0. The summed E-state index contributed by atoms with van der Waals surface area (Å²) in [5.41, 5.74) is 3.60. The molecule has 1 aromatic heterocycles. The van der Waals surface area contributed by atoms with Gasteiger partial charge in [0.2, 0.25) is 0 Å². The molecule has 2 heteroatoms. The van der Waals surface area contributed by atoms with Crippen molar-refractivity contribution in [1.82, 2.24) is 0 Å². The van der Waals surface area contributed by atoms with Gasteiger partial charge in [0, 0.05) is 25.7 Å². The quantitative estimate of drug-likeness (QED) is 0.430. The van der Waals surface area contributed by atoms with Crippen molar-refractivity contribution in [3.05, 3.63) is 66.2 Å². The van der Waals surface area contributed by atoms with Gasteiger partial charge in [-0.15, -0.1) is 11.3 Å². The summed E-state index contributed by atoms with van der Waals surface area (Å²) >= 11 is 1.80. The Bertz CT molecular complexity index is 1010. The molecule has 0 unspecified atom stereocenters. The normalized spacial score (nSPS) is 11.9. The van der Waals surface area contributed by atoms with Crippen molar-refractivity contribution >= 4 is 43.4 Å². The van der Waals surface area contributed by atoms with Crippen LogP contribution in [0, 0.1) is 0 Å². The second-order valence-electron chi connectivity index (χ2n) is 5.40. The smallest absolute Gasteiger partial charge is 0.152 e. The first kappa shape index (κ1) is 13.2. The highest BCUT2D eigenvalue weighted by atomic mass is 32.1. The Morgan fingerprint density at radius 1 is 0.955 bits per heavy atom. The van der Waals surface area contributed by atoms with Crippen LogP contribution in [0.3, 0.4) is 0 Å². The van der Waals surface area contributed by atoms with Crippen LogP contribution < -0.4 is 0 Å². The van der Waals surface area contributed by atoms with Crippen LogP contribution in [-0.2, 0) is 4.79 Å². The number of benzene rings is 1. The first-order chi connectivity index (χ1) is 10.8. The lowest BCUT2D eigenvalue weighted by Crippen LogP contribution is -1.80.